The lowest BCUT2D eigenvalue weighted by Gasteiger charge is -2.22. The van der Waals surface area contributed by atoms with E-state index in [0.29, 0.717) is 17.6 Å². The van der Waals surface area contributed by atoms with Crippen LogP contribution in [-0.2, 0) is 16.4 Å². The summed E-state index contributed by atoms with van der Waals surface area (Å²) in [5, 5.41) is 4.17. The van der Waals surface area contributed by atoms with Crippen LogP contribution in [0.15, 0.2) is 18.2 Å². The lowest BCUT2D eigenvalue weighted by molar-refractivity contribution is 0.601. The minimum absolute atomic E-state index is 0.154. The Morgan fingerprint density at radius 2 is 2.10 bits per heavy atom. The van der Waals surface area contributed by atoms with Gasteiger partial charge in [0.15, 0.2) is 0 Å². The van der Waals surface area contributed by atoms with Gasteiger partial charge in [-0.05, 0) is 36.6 Å². The average Bonchev–Trinajstić information content (AvgIpc) is 3.16. The van der Waals surface area contributed by atoms with Crippen LogP contribution in [0.2, 0.25) is 5.02 Å². The molecule has 0 heterocycles. The van der Waals surface area contributed by atoms with Crippen molar-refractivity contribution in [3.63, 3.8) is 0 Å². The molecular weight excluding hydrogens is 296 g/mol. The zero-order valence-electron chi connectivity index (χ0n) is 11.9. The maximum absolute atomic E-state index is 11.3. The van der Waals surface area contributed by atoms with Gasteiger partial charge in [-0.25, -0.2) is 8.42 Å². The Morgan fingerprint density at radius 1 is 1.40 bits per heavy atom. The molecule has 0 amide bonds. The molecule has 0 aromatic heterocycles. The van der Waals surface area contributed by atoms with Gasteiger partial charge >= 0.3 is 0 Å². The van der Waals surface area contributed by atoms with Crippen LogP contribution in [0.5, 0.6) is 0 Å². The second-order valence-corrected chi connectivity index (χ2v) is 8.18. The van der Waals surface area contributed by atoms with Crippen LogP contribution in [0.3, 0.4) is 0 Å². The highest BCUT2D eigenvalue weighted by Gasteiger charge is 2.21. The van der Waals surface area contributed by atoms with Crippen LogP contribution in [0.1, 0.15) is 18.4 Å². The molecule has 1 aromatic carbocycles. The second-order valence-electron chi connectivity index (χ2n) is 5.48. The summed E-state index contributed by atoms with van der Waals surface area (Å²) in [7, 11) is -1.04. The van der Waals surface area contributed by atoms with Crippen molar-refractivity contribution in [1.82, 2.24) is 5.32 Å². The van der Waals surface area contributed by atoms with Crippen molar-refractivity contribution in [1.29, 1.82) is 0 Å². The molecule has 0 unspecified atom stereocenters. The maximum atomic E-state index is 11.3. The molecule has 1 aromatic rings. The summed E-state index contributed by atoms with van der Waals surface area (Å²) in [5.41, 5.74) is 2.15. The lowest BCUT2D eigenvalue weighted by Crippen LogP contribution is -2.27. The number of nitrogens with zero attached hydrogens (tertiary/aromatic N) is 1. The van der Waals surface area contributed by atoms with Crippen LogP contribution in [0.4, 0.5) is 5.69 Å². The van der Waals surface area contributed by atoms with Crippen molar-refractivity contribution < 1.29 is 8.42 Å². The van der Waals surface area contributed by atoms with E-state index in [9.17, 15) is 8.42 Å². The quantitative estimate of drug-likeness (QED) is 0.836. The molecule has 0 atom stereocenters. The third-order valence-corrected chi connectivity index (χ3v) is 4.57. The minimum atomic E-state index is -2.95. The molecule has 20 heavy (non-hydrogen) atoms. The molecular formula is C14H21ClN2O2S. The van der Waals surface area contributed by atoms with Crippen molar-refractivity contribution in [3.8, 4) is 0 Å². The standard InChI is InChI=1S/C14H21ClN2O2S/c1-17(7-8-20(2,18)19)14-6-3-12(15)9-11(14)10-16-13-4-5-13/h3,6,9,13,16H,4-5,7-8,10H2,1-2H3. The van der Waals surface area contributed by atoms with Gasteiger partial charge in [0.05, 0.1) is 5.75 Å². The van der Waals surface area contributed by atoms with Gasteiger partial charge < -0.3 is 10.2 Å². The lowest BCUT2D eigenvalue weighted by atomic mass is 10.1. The van der Waals surface area contributed by atoms with E-state index in [1.54, 1.807) is 0 Å². The van der Waals surface area contributed by atoms with E-state index >= 15 is 0 Å². The number of halogens is 1. The Bertz CT molecular complexity index is 571. The predicted molar refractivity (Wildman–Crippen MR) is 84.3 cm³/mol. The zero-order chi connectivity index (χ0) is 14.8. The number of sulfone groups is 1. The fraction of sp³-hybridized carbons (Fsp3) is 0.571. The molecule has 2 rings (SSSR count). The summed E-state index contributed by atoms with van der Waals surface area (Å²) < 4.78 is 22.5. The number of rotatable bonds is 7. The van der Waals surface area contributed by atoms with Crippen molar-refractivity contribution in [2.75, 3.05) is 30.5 Å². The average molecular weight is 317 g/mol. The van der Waals surface area contributed by atoms with Crippen LogP contribution in [0.25, 0.3) is 0 Å². The summed E-state index contributed by atoms with van der Waals surface area (Å²) >= 11 is 6.06. The predicted octanol–water partition coefficient (Wildman–Crippen LogP) is 2.07. The van der Waals surface area contributed by atoms with Gasteiger partial charge in [-0.2, -0.15) is 0 Å². The van der Waals surface area contributed by atoms with E-state index in [2.05, 4.69) is 5.32 Å². The molecule has 4 nitrogen and oxygen atoms in total. The zero-order valence-corrected chi connectivity index (χ0v) is 13.5. The number of benzene rings is 1. The third kappa shape index (κ3) is 4.96. The van der Waals surface area contributed by atoms with Crippen molar-refractivity contribution in [3.05, 3.63) is 28.8 Å². The Hall–Kier alpha value is -0.780. The Morgan fingerprint density at radius 3 is 2.70 bits per heavy atom. The van der Waals surface area contributed by atoms with Crippen LogP contribution >= 0.6 is 11.6 Å². The molecule has 112 valence electrons. The van der Waals surface area contributed by atoms with Crippen molar-refractivity contribution in [2.45, 2.75) is 25.4 Å². The molecule has 1 saturated carbocycles. The van der Waals surface area contributed by atoms with E-state index in [1.807, 2.05) is 30.1 Å². The summed E-state index contributed by atoms with van der Waals surface area (Å²) in [6.45, 7) is 1.25. The van der Waals surface area contributed by atoms with Crippen LogP contribution < -0.4 is 10.2 Å². The van der Waals surface area contributed by atoms with Crippen molar-refractivity contribution >= 4 is 27.1 Å². The summed E-state index contributed by atoms with van der Waals surface area (Å²) in [6, 6.07) is 6.37. The fourth-order valence-corrected chi connectivity index (χ4v) is 2.83. The first-order valence-electron chi connectivity index (χ1n) is 6.76. The highest BCUT2D eigenvalue weighted by molar-refractivity contribution is 7.90. The van der Waals surface area contributed by atoms with Gasteiger partial charge in [-0.15, -0.1) is 0 Å². The maximum Gasteiger partial charge on any atom is 0.149 e. The Kier molecular flexibility index (Phi) is 4.94. The first kappa shape index (κ1) is 15.6. The minimum Gasteiger partial charge on any atom is -0.373 e. The fourth-order valence-electron chi connectivity index (χ4n) is 2.03. The van der Waals surface area contributed by atoms with Gasteiger partial charge in [0.25, 0.3) is 0 Å². The largest absolute Gasteiger partial charge is 0.373 e. The topological polar surface area (TPSA) is 49.4 Å². The molecule has 6 heteroatoms. The van der Waals surface area contributed by atoms with E-state index in [-0.39, 0.29) is 5.75 Å². The van der Waals surface area contributed by atoms with Crippen LogP contribution in [-0.4, -0.2) is 40.1 Å². The van der Waals surface area contributed by atoms with E-state index in [1.165, 1.54) is 19.1 Å². The Balaban J connectivity index is 2.07. The number of hydrogen-bond donors (Lipinski definition) is 1. The monoisotopic (exact) mass is 316 g/mol. The van der Waals surface area contributed by atoms with Gasteiger partial charge in [0.1, 0.15) is 9.84 Å². The van der Waals surface area contributed by atoms with E-state index in [4.69, 9.17) is 11.6 Å². The number of hydrogen-bond acceptors (Lipinski definition) is 4. The molecule has 1 fully saturated rings. The molecule has 0 spiro atoms. The highest BCUT2D eigenvalue weighted by atomic mass is 35.5. The number of anilines is 1. The first-order chi connectivity index (χ1) is 9.35. The summed E-state index contributed by atoms with van der Waals surface area (Å²) in [4.78, 5) is 1.97. The SMILES string of the molecule is CN(CCS(C)(=O)=O)c1ccc(Cl)cc1CNC1CC1. The van der Waals surface area contributed by atoms with Gasteiger partial charge in [0, 0.05) is 43.1 Å². The van der Waals surface area contributed by atoms with Crippen LogP contribution in [0, 0.1) is 0 Å². The number of nitrogens with one attached hydrogen (secondary N) is 1. The molecule has 0 saturated heterocycles. The summed E-state index contributed by atoms with van der Waals surface area (Å²) in [5.74, 6) is 0.154. The molecule has 1 aliphatic rings. The highest BCUT2D eigenvalue weighted by Crippen LogP contribution is 2.25. The third-order valence-electron chi connectivity index (χ3n) is 3.41. The van der Waals surface area contributed by atoms with Crippen molar-refractivity contribution in [2.24, 2.45) is 0 Å². The normalized spacial score (nSPS) is 15.3. The van der Waals surface area contributed by atoms with E-state index < -0.39 is 9.84 Å². The smallest absolute Gasteiger partial charge is 0.149 e. The van der Waals surface area contributed by atoms with Gasteiger partial charge in [-0.1, -0.05) is 11.6 Å². The molecule has 1 aliphatic carbocycles. The van der Waals surface area contributed by atoms with E-state index in [0.717, 1.165) is 17.8 Å². The second kappa shape index (κ2) is 6.33. The molecule has 0 radical (unpaired) electrons. The molecule has 0 aliphatic heterocycles. The first-order valence-corrected chi connectivity index (χ1v) is 9.20. The van der Waals surface area contributed by atoms with Gasteiger partial charge in [-0.3, -0.25) is 0 Å². The summed E-state index contributed by atoms with van der Waals surface area (Å²) in [6.07, 6.45) is 3.73. The molecule has 0 bridgehead atoms. The molecule has 1 N–H and O–H groups in total. The Labute approximate surface area is 126 Å². The van der Waals surface area contributed by atoms with Gasteiger partial charge in [0.2, 0.25) is 0 Å².